The van der Waals surface area contributed by atoms with Gasteiger partial charge in [0.2, 0.25) is 0 Å². The Morgan fingerprint density at radius 1 is 1.19 bits per heavy atom. The van der Waals surface area contributed by atoms with Gasteiger partial charge < -0.3 is 9.30 Å². The summed E-state index contributed by atoms with van der Waals surface area (Å²) in [7, 11) is 1.38. The predicted octanol–water partition coefficient (Wildman–Crippen LogP) is 4.35. The number of para-hydroxylation sites is 1. The number of aryl methyl sites for hydroxylation is 1. The van der Waals surface area contributed by atoms with Gasteiger partial charge in [0.05, 0.1) is 24.2 Å². The van der Waals surface area contributed by atoms with Crippen molar-refractivity contribution < 1.29 is 9.53 Å². The lowest BCUT2D eigenvalue weighted by molar-refractivity contribution is -0.143. The molecule has 0 aliphatic heterocycles. The molecule has 0 spiro atoms. The van der Waals surface area contributed by atoms with E-state index in [0.29, 0.717) is 16.7 Å². The van der Waals surface area contributed by atoms with Crippen LogP contribution in [0.1, 0.15) is 30.0 Å². The Labute approximate surface area is 187 Å². The maximum Gasteiger partial charge on any atom is 0.328 e. The number of hydrogen-bond donors (Lipinski definition) is 0. The molecular weight excluding hydrogens is 460 g/mol. The minimum Gasteiger partial charge on any atom is -0.467 e. The Morgan fingerprint density at radius 3 is 2.68 bits per heavy atom. The fraction of sp³-hybridized carbons (Fsp3) is 0.217. The molecule has 0 fully saturated rings. The van der Waals surface area contributed by atoms with E-state index in [4.69, 9.17) is 4.74 Å². The summed E-state index contributed by atoms with van der Waals surface area (Å²) in [4.78, 5) is 29.7. The number of aromatic nitrogens is 3. The van der Waals surface area contributed by atoms with E-state index >= 15 is 0 Å². The number of methoxy groups -OCH3 is 1. The summed E-state index contributed by atoms with van der Waals surface area (Å²) < 4.78 is 8.96. The van der Waals surface area contributed by atoms with Gasteiger partial charge in [0, 0.05) is 26.6 Å². The maximum absolute atomic E-state index is 13.0. The molecule has 2 aromatic heterocycles. The molecule has 31 heavy (non-hydrogen) atoms. The second-order valence-electron chi connectivity index (χ2n) is 7.27. The summed E-state index contributed by atoms with van der Waals surface area (Å²) >= 11 is 3.40. The number of hydrogen-bond acceptors (Lipinski definition) is 5. The number of carbonyl (C=O) groups excluding carboxylic acids is 1. The highest BCUT2D eigenvalue weighted by molar-refractivity contribution is 9.10. The van der Waals surface area contributed by atoms with Crippen LogP contribution in [-0.4, -0.2) is 33.5 Å². The van der Waals surface area contributed by atoms with Crippen LogP contribution in [0.25, 0.3) is 21.8 Å². The van der Waals surface area contributed by atoms with Gasteiger partial charge in [-0.15, -0.1) is 0 Å². The van der Waals surface area contributed by atoms with Crippen LogP contribution in [0.3, 0.4) is 0 Å². The third-order valence-corrected chi connectivity index (χ3v) is 5.90. The van der Waals surface area contributed by atoms with Crippen molar-refractivity contribution in [1.29, 1.82) is 0 Å². The largest absolute Gasteiger partial charge is 0.467 e. The van der Waals surface area contributed by atoms with Crippen LogP contribution in [-0.2, 0) is 9.53 Å². The van der Waals surface area contributed by atoms with Gasteiger partial charge >= 0.3 is 5.97 Å². The Kier molecular flexibility index (Phi) is 5.49. The van der Waals surface area contributed by atoms with Gasteiger partial charge in [0.1, 0.15) is 11.9 Å². The SMILES string of the molecule is COC(=O)[C@@H](C)n1c(C)c(C=Nn2c(C)nc3ccc(Br)cc3c2=O)c2ccccc21. The molecule has 2 aromatic carbocycles. The highest BCUT2D eigenvalue weighted by atomic mass is 79.9. The summed E-state index contributed by atoms with van der Waals surface area (Å²) in [6.07, 6.45) is 1.65. The number of carbonyl (C=O) groups is 1. The third-order valence-electron chi connectivity index (χ3n) is 5.41. The number of halogens is 1. The molecule has 0 unspecified atom stereocenters. The van der Waals surface area contributed by atoms with E-state index < -0.39 is 6.04 Å². The quantitative estimate of drug-likeness (QED) is 0.321. The minimum atomic E-state index is -0.499. The molecule has 0 amide bonds. The molecule has 0 saturated carbocycles. The van der Waals surface area contributed by atoms with Crippen molar-refractivity contribution in [3.63, 3.8) is 0 Å². The number of ether oxygens (including phenoxy) is 1. The highest BCUT2D eigenvalue weighted by Gasteiger charge is 2.22. The van der Waals surface area contributed by atoms with Crippen molar-refractivity contribution in [2.45, 2.75) is 26.8 Å². The lowest BCUT2D eigenvalue weighted by Gasteiger charge is -2.15. The summed E-state index contributed by atoms with van der Waals surface area (Å²) in [5.74, 6) is 0.157. The predicted molar refractivity (Wildman–Crippen MR) is 125 cm³/mol. The monoisotopic (exact) mass is 480 g/mol. The molecule has 0 aliphatic carbocycles. The third kappa shape index (κ3) is 3.57. The minimum absolute atomic E-state index is 0.246. The summed E-state index contributed by atoms with van der Waals surface area (Å²) in [6.45, 7) is 5.47. The smallest absolute Gasteiger partial charge is 0.328 e. The van der Waals surface area contributed by atoms with E-state index in [-0.39, 0.29) is 11.5 Å². The Morgan fingerprint density at radius 2 is 1.94 bits per heavy atom. The first-order valence-electron chi connectivity index (χ1n) is 9.74. The molecule has 0 bridgehead atoms. The highest BCUT2D eigenvalue weighted by Crippen LogP contribution is 2.28. The zero-order chi connectivity index (χ0) is 22.3. The van der Waals surface area contributed by atoms with Crippen LogP contribution >= 0.6 is 15.9 Å². The zero-order valence-electron chi connectivity index (χ0n) is 17.6. The summed E-state index contributed by atoms with van der Waals surface area (Å²) in [5.41, 5.74) is 2.95. The Bertz CT molecular complexity index is 1420. The van der Waals surface area contributed by atoms with Gasteiger partial charge in [-0.05, 0) is 45.0 Å². The first kappa shape index (κ1) is 21.0. The van der Waals surface area contributed by atoms with Gasteiger partial charge in [-0.1, -0.05) is 34.1 Å². The number of benzene rings is 2. The van der Waals surface area contributed by atoms with E-state index in [1.165, 1.54) is 11.8 Å². The van der Waals surface area contributed by atoms with E-state index in [1.54, 1.807) is 32.2 Å². The molecule has 4 aromatic rings. The van der Waals surface area contributed by atoms with Crippen molar-refractivity contribution in [3.05, 3.63) is 74.4 Å². The number of nitrogens with zero attached hydrogens (tertiary/aromatic N) is 4. The fourth-order valence-electron chi connectivity index (χ4n) is 3.87. The second-order valence-corrected chi connectivity index (χ2v) is 8.18. The standard InChI is InChI=1S/C23H21BrN4O3/c1-13-19(17-7-5-6-8-21(17)27(13)14(2)23(30)31-4)12-25-28-15(3)26-20-10-9-16(24)11-18(20)22(28)29/h5-12,14H,1-4H3/t14-/m1/s1. The molecule has 0 radical (unpaired) electrons. The van der Waals surface area contributed by atoms with Gasteiger partial charge in [-0.25, -0.2) is 9.78 Å². The molecule has 158 valence electrons. The molecule has 8 heteroatoms. The topological polar surface area (TPSA) is 78.5 Å². The normalized spacial score (nSPS) is 12.7. The van der Waals surface area contributed by atoms with Gasteiger partial charge in [0.15, 0.2) is 0 Å². The molecular formula is C23H21BrN4O3. The van der Waals surface area contributed by atoms with Crippen molar-refractivity contribution in [2.24, 2.45) is 5.10 Å². The summed E-state index contributed by atoms with van der Waals surface area (Å²) in [5, 5.41) is 5.89. The molecule has 0 saturated heterocycles. The van der Waals surface area contributed by atoms with Crippen LogP contribution in [0.5, 0.6) is 0 Å². The molecule has 2 heterocycles. The first-order chi connectivity index (χ1) is 14.8. The van der Waals surface area contributed by atoms with Gasteiger partial charge in [0.25, 0.3) is 5.56 Å². The Balaban J connectivity index is 1.89. The lowest BCUT2D eigenvalue weighted by atomic mass is 10.1. The van der Waals surface area contributed by atoms with Crippen molar-refractivity contribution in [2.75, 3.05) is 7.11 Å². The fourth-order valence-corrected chi connectivity index (χ4v) is 4.23. The van der Waals surface area contributed by atoms with E-state index in [1.807, 2.05) is 41.8 Å². The van der Waals surface area contributed by atoms with Crippen LogP contribution in [0.15, 0.2) is 56.8 Å². The first-order valence-corrected chi connectivity index (χ1v) is 10.5. The molecule has 0 aliphatic rings. The zero-order valence-corrected chi connectivity index (χ0v) is 19.2. The van der Waals surface area contributed by atoms with Crippen molar-refractivity contribution >= 4 is 49.9 Å². The number of esters is 1. The molecule has 7 nitrogen and oxygen atoms in total. The summed E-state index contributed by atoms with van der Waals surface area (Å²) in [6, 6.07) is 12.7. The van der Waals surface area contributed by atoms with Crippen LogP contribution < -0.4 is 5.56 Å². The average molecular weight is 481 g/mol. The molecule has 4 rings (SSSR count). The van der Waals surface area contributed by atoms with Crippen molar-refractivity contribution in [1.82, 2.24) is 14.2 Å². The van der Waals surface area contributed by atoms with Crippen LogP contribution in [0, 0.1) is 13.8 Å². The van der Waals surface area contributed by atoms with E-state index in [0.717, 1.165) is 26.6 Å². The average Bonchev–Trinajstić information content (AvgIpc) is 3.04. The van der Waals surface area contributed by atoms with E-state index in [2.05, 4.69) is 26.0 Å². The maximum atomic E-state index is 13.0. The molecule has 1 atom stereocenters. The Hall–Kier alpha value is -3.26. The van der Waals surface area contributed by atoms with Crippen LogP contribution in [0.4, 0.5) is 0 Å². The van der Waals surface area contributed by atoms with Gasteiger partial charge in [-0.3, -0.25) is 4.79 Å². The number of fused-ring (bicyclic) bond motifs is 2. The van der Waals surface area contributed by atoms with E-state index in [9.17, 15) is 9.59 Å². The van der Waals surface area contributed by atoms with Crippen molar-refractivity contribution in [3.8, 4) is 0 Å². The van der Waals surface area contributed by atoms with Gasteiger partial charge in [-0.2, -0.15) is 9.78 Å². The van der Waals surface area contributed by atoms with Crippen LogP contribution in [0.2, 0.25) is 0 Å². The second kappa shape index (κ2) is 8.11. The lowest BCUT2D eigenvalue weighted by Crippen LogP contribution is -2.21. The number of rotatable bonds is 4. The molecule has 0 N–H and O–H groups in total.